The molecule has 0 saturated heterocycles. The highest BCUT2D eigenvalue weighted by Crippen LogP contribution is 2.24. The highest BCUT2D eigenvalue weighted by atomic mass is 32.1. The summed E-state index contributed by atoms with van der Waals surface area (Å²) in [6.07, 6.45) is -0.857. The zero-order chi connectivity index (χ0) is 24.5. The third-order valence-electron chi connectivity index (χ3n) is 4.41. The first kappa shape index (κ1) is 25.4. The molecule has 2 aromatic carbocycles. The second-order valence-electron chi connectivity index (χ2n) is 6.98. The standard InChI is InChI=1S/C22H22N2O8S/c1-3-17(32-24(28)29)12-16(26)10-14-4-9-20(30-13(2)25)19(11-14)22(27)31-18-7-5-15(6-8-18)21(23)33/h4-9,11,17H,3,10,12H2,1-2H3,(H2,23,33). The van der Waals surface area contributed by atoms with Crippen molar-refractivity contribution in [2.24, 2.45) is 5.73 Å². The van der Waals surface area contributed by atoms with Crippen LogP contribution in [0.3, 0.4) is 0 Å². The molecule has 0 spiro atoms. The highest BCUT2D eigenvalue weighted by Gasteiger charge is 2.20. The average Bonchev–Trinajstić information content (AvgIpc) is 2.73. The number of Topliss-reactive ketones (excluding diaryl/α,β-unsaturated/α-hetero) is 1. The molecular formula is C22H22N2O8S. The quantitative estimate of drug-likeness (QED) is 0.169. The lowest BCUT2D eigenvalue weighted by Gasteiger charge is -2.13. The van der Waals surface area contributed by atoms with Crippen LogP contribution in [0, 0.1) is 10.1 Å². The summed E-state index contributed by atoms with van der Waals surface area (Å²) in [5.41, 5.74) is 6.51. The second-order valence-corrected chi connectivity index (χ2v) is 7.42. The number of hydrogen-bond donors (Lipinski definition) is 1. The number of nitrogens with two attached hydrogens (primary N) is 1. The van der Waals surface area contributed by atoms with Crippen molar-refractivity contribution in [1.29, 1.82) is 0 Å². The molecule has 2 aromatic rings. The minimum Gasteiger partial charge on any atom is -0.426 e. The molecule has 2 N–H and O–H groups in total. The number of nitrogens with zero attached hydrogens (tertiary/aromatic N) is 1. The van der Waals surface area contributed by atoms with Crippen molar-refractivity contribution < 1.29 is 33.8 Å². The van der Waals surface area contributed by atoms with E-state index in [-0.39, 0.29) is 47.1 Å². The molecule has 0 saturated carbocycles. The van der Waals surface area contributed by atoms with Gasteiger partial charge in [-0.25, -0.2) is 4.79 Å². The van der Waals surface area contributed by atoms with Crippen LogP contribution < -0.4 is 15.2 Å². The summed E-state index contributed by atoms with van der Waals surface area (Å²) in [4.78, 5) is 51.8. The molecule has 0 radical (unpaired) electrons. The molecule has 0 aliphatic heterocycles. The number of carbonyl (C=O) groups excluding carboxylic acids is 3. The van der Waals surface area contributed by atoms with Crippen LogP contribution in [0.2, 0.25) is 0 Å². The molecule has 0 bridgehead atoms. The van der Waals surface area contributed by atoms with Crippen molar-refractivity contribution in [2.45, 2.75) is 39.2 Å². The molecule has 10 nitrogen and oxygen atoms in total. The van der Waals surface area contributed by atoms with E-state index in [0.717, 1.165) is 0 Å². The van der Waals surface area contributed by atoms with E-state index in [2.05, 4.69) is 4.84 Å². The Labute approximate surface area is 194 Å². The van der Waals surface area contributed by atoms with Gasteiger partial charge in [0, 0.05) is 25.3 Å². The Morgan fingerprint density at radius 2 is 1.79 bits per heavy atom. The van der Waals surface area contributed by atoms with Gasteiger partial charge in [-0.1, -0.05) is 25.2 Å². The van der Waals surface area contributed by atoms with E-state index in [0.29, 0.717) is 11.1 Å². The average molecular weight is 474 g/mol. The van der Waals surface area contributed by atoms with E-state index in [9.17, 15) is 24.5 Å². The molecule has 2 rings (SSSR count). The van der Waals surface area contributed by atoms with Gasteiger partial charge in [0.1, 0.15) is 33.9 Å². The third-order valence-corrected chi connectivity index (χ3v) is 4.65. The maximum atomic E-state index is 12.8. The lowest BCUT2D eigenvalue weighted by Crippen LogP contribution is -2.21. The maximum Gasteiger partial charge on any atom is 0.347 e. The Hall–Kier alpha value is -3.86. The van der Waals surface area contributed by atoms with Crippen LogP contribution in [0.1, 0.15) is 48.2 Å². The largest absolute Gasteiger partial charge is 0.426 e. The van der Waals surface area contributed by atoms with Gasteiger partial charge in [-0.2, -0.15) is 0 Å². The Kier molecular flexibility index (Phi) is 8.98. The van der Waals surface area contributed by atoms with Crippen LogP contribution in [0.5, 0.6) is 11.5 Å². The van der Waals surface area contributed by atoms with Gasteiger partial charge < -0.3 is 20.0 Å². The van der Waals surface area contributed by atoms with Gasteiger partial charge in [-0.15, -0.1) is 10.1 Å². The number of hydrogen-bond acceptors (Lipinski definition) is 9. The minimum atomic E-state index is -0.933. The van der Waals surface area contributed by atoms with Gasteiger partial charge >= 0.3 is 11.9 Å². The van der Waals surface area contributed by atoms with Gasteiger partial charge in [0.2, 0.25) is 0 Å². The van der Waals surface area contributed by atoms with E-state index in [4.69, 9.17) is 27.4 Å². The van der Waals surface area contributed by atoms with Gasteiger partial charge in [-0.05, 0) is 48.4 Å². The lowest BCUT2D eigenvalue weighted by atomic mass is 10.0. The third kappa shape index (κ3) is 7.96. The monoisotopic (exact) mass is 474 g/mol. The number of rotatable bonds is 11. The molecule has 0 aliphatic rings. The predicted molar refractivity (Wildman–Crippen MR) is 121 cm³/mol. The Bertz CT molecular complexity index is 1070. The second kappa shape index (κ2) is 11.7. The first-order valence-electron chi connectivity index (χ1n) is 9.85. The number of ether oxygens (including phenoxy) is 2. The van der Waals surface area contributed by atoms with Crippen LogP contribution in [0.4, 0.5) is 0 Å². The van der Waals surface area contributed by atoms with Crippen molar-refractivity contribution in [2.75, 3.05) is 0 Å². The van der Waals surface area contributed by atoms with Crippen LogP contribution in [0.15, 0.2) is 42.5 Å². The van der Waals surface area contributed by atoms with Crippen molar-refractivity contribution in [3.8, 4) is 11.5 Å². The van der Waals surface area contributed by atoms with E-state index in [1.54, 1.807) is 19.1 Å². The van der Waals surface area contributed by atoms with Crippen LogP contribution in [0.25, 0.3) is 0 Å². The summed E-state index contributed by atoms with van der Waals surface area (Å²) in [6, 6.07) is 10.4. The molecule has 0 amide bonds. The molecule has 0 aromatic heterocycles. The summed E-state index contributed by atoms with van der Waals surface area (Å²) in [5.74, 6) is -1.61. The zero-order valence-corrected chi connectivity index (χ0v) is 18.8. The molecule has 174 valence electrons. The first-order chi connectivity index (χ1) is 15.6. The molecule has 1 unspecified atom stereocenters. The molecule has 0 heterocycles. The Morgan fingerprint density at radius 1 is 1.12 bits per heavy atom. The van der Waals surface area contributed by atoms with Crippen LogP contribution in [-0.4, -0.2) is 33.9 Å². The zero-order valence-electron chi connectivity index (χ0n) is 17.9. The summed E-state index contributed by atoms with van der Waals surface area (Å²) < 4.78 is 10.4. The Balaban J connectivity index is 2.22. The number of benzene rings is 2. The molecule has 1 atom stereocenters. The SMILES string of the molecule is CCC(CC(=O)Cc1ccc(OC(C)=O)c(C(=O)Oc2ccc(C(N)=S)cc2)c1)O[N+](=O)[O-]. The Morgan fingerprint density at radius 3 is 2.33 bits per heavy atom. The van der Waals surface area contributed by atoms with Crippen molar-refractivity contribution in [1.82, 2.24) is 0 Å². The topological polar surface area (TPSA) is 148 Å². The molecule has 11 heteroatoms. The van der Waals surface area contributed by atoms with Crippen molar-refractivity contribution in [3.05, 3.63) is 69.3 Å². The molecular weight excluding hydrogens is 452 g/mol. The van der Waals surface area contributed by atoms with Crippen molar-refractivity contribution >= 4 is 34.9 Å². The fraction of sp³-hybridized carbons (Fsp3) is 0.273. The lowest BCUT2D eigenvalue weighted by molar-refractivity contribution is -0.768. The fourth-order valence-corrected chi connectivity index (χ4v) is 3.01. The number of thiocarbonyl (C=S) groups is 1. The van der Waals surface area contributed by atoms with E-state index >= 15 is 0 Å². The van der Waals surface area contributed by atoms with Gasteiger partial charge in [0.05, 0.1) is 0 Å². The van der Waals surface area contributed by atoms with Crippen LogP contribution >= 0.6 is 12.2 Å². The van der Waals surface area contributed by atoms with E-state index in [1.165, 1.54) is 37.3 Å². The van der Waals surface area contributed by atoms with Crippen LogP contribution in [-0.2, 0) is 20.8 Å². The van der Waals surface area contributed by atoms with Crippen molar-refractivity contribution in [3.63, 3.8) is 0 Å². The fourth-order valence-electron chi connectivity index (χ4n) is 2.87. The van der Waals surface area contributed by atoms with E-state index in [1.807, 2.05) is 0 Å². The van der Waals surface area contributed by atoms with Gasteiger partial charge in [0.15, 0.2) is 0 Å². The van der Waals surface area contributed by atoms with Gasteiger partial charge in [0.25, 0.3) is 5.09 Å². The summed E-state index contributed by atoms with van der Waals surface area (Å²) in [5, 5.41) is 9.59. The summed E-state index contributed by atoms with van der Waals surface area (Å²) in [6.45, 7) is 2.85. The smallest absolute Gasteiger partial charge is 0.347 e. The first-order valence-corrected chi connectivity index (χ1v) is 10.3. The van der Waals surface area contributed by atoms with Gasteiger partial charge in [-0.3, -0.25) is 9.59 Å². The summed E-state index contributed by atoms with van der Waals surface area (Å²) >= 11 is 4.88. The molecule has 33 heavy (non-hydrogen) atoms. The highest BCUT2D eigenvalue weighted by molar-refractivity contribution is 7.80. The maximum absolute atomic E-state index is 12.8. The summed E-state index contributed by atoms with van der Waals surface area (Å²) in [7, 11) is 0. The number of esters is 2. The minimum absolute atomic E-state index is 0.0356. The molecule has 0 fully saturated rings. The normalized spacial score (nSPS) is 11.2. The number of ketones is 1. The number of carbonyl (C=O) groups is 3. The predicted octanol–water partition coefficient (Wildman–Crippen LogP) is 2.95. The van der Waals surface area contributed by atoms with E-state index < -0.39 is 23.1 Å². The molecule has 0 aliphatic carbocycles.